The Balaban J connectivity index is 2.78. The predicted molar refractivity (Wildman–Crippen MR) is 75.3 cm³/mol. The van der Waals surface area contributed by atoms with Crippen molar-refractivity contribution in [1.82, 2.24) is 4.90 Å². The molecular formula is C15H25NO4. The van der Waals surface area contributed by atoms with E-state index >= 15 is 0 Å². The zero-order valence-corrected chi connectivity index (χ0v) is 12.7. The molecule has 1 aliphatic rings. The number of hydrogen-bond donors (Lipinski definition) is 0. The van der Waals surface area contributed by atoms with Gasteiger partial charge in [0.25, 0.3) is 0 Å². The Labute approximate surface area is 120 Å². The third-order valence-electron chi connectivity index (χ3n) is 3.26. The number of carbonyl (C=O) groups is 3. The van der Waals surface area contributed by atoms with Crippen LogP contribution < -0.4 is 0 Å². The van der Waals surface area contributed by atoms with E-state index in [9.17, 15) is 14.4 Å². The van der Waals surface area contributed by atoms with Gasteiger partial charge >= 0.3 is 6.09 Å². The molecule has 114 valence electrons. The van der Waals surface area contributed by atoms with E-state index < -0.39 is 11.7 Å². The van der Waals surface area contributed by atoms with Crippen molar-refractivity contribution in [1.29, 1.82) is 0 Å². The maximum Gasteiger partial charge on any atom is 0.417 e. The molecule has 2 amide bonds. The van der Waals surface area contributed by atoms with Crippen molar-refractivity contribution in [3.63, 3.8) is 0 Å². The predicted octanol–water partition coefficient (Wildman–Crippen LogP) is 3.06. The number of aldehydes is 1. The average Bonchev–Trinajstić information content (AvgIpc) is 2.49. The fourth-order valence-electron chi connectivity index (χ4n) is 2.38. The third kappa shape index (κ3) is 5.31. The zero-order valence-electron chi connectivity index (χ0n) is 12.7. The SMILES string of the molecule is CC(C)(C)OC(=O)N1C(=O)CCCC[C@H]1CCCC=O. The molecule has 0 saturated carbocycles. The minimum Gasteiger partial charge on any atom is -0.443 e. The van der Waals surface area contributed by atoms with Crippen LogP contribution in [-0.2, 0) is 14.3 Å². The summed E-state index contributed by atoms with van der Waals surface area (Å²) in [6.07, 6.45) is 5.07. The second-order valence-electron chi connectivity index (χ2n) is 6.24. The number of amides is 2. The van der Waals surface area contributed by atoms with Gasteiger partial charge in [-0.1, -0.05) is 6.42 Å². The summed E-state index contributed by atoms with van der Waals surface area (Å²) in [4.78, 5) is 36.1. The number of ether oxygens (including phenoxy) is 1. The summed E-state index contributed by atoms with van der Waals surface area (Å²) in [7, 11) is 0. The van der Waals surface area contributed by atoms with Crippen molar-refractivity contribution in [2.24, 2.45) is 0 Å². The van der Waals surface area contributed by atoms with E-state index in [-0.39, 0.29) is 11.9 Å². The number of unbranched alkanes of at least 4 members (excludes halogenated alkanes) is 1. The highest BCUT2D eigenvalue weighted by atomic mass is 16.6. The maximum atomic E-state index is 12.2. The molecule has 0 unspecified atom stereocenters. The van der Waals surface area contributed by atoms with E-state index in [2.05, 4.69) is 0 Å². The van der Waals surface area contributed by atoms with Crippen molar-refractivity contribution in [3.8, 4) is 0 Å². The molecule has 1 fully saturated rings. The molecular weight excluding hydrogens is 258 g/mol. The van der Waals surface area contributed by atoms with Crippen LogP contribution in [0.2, 0.25) is 0 Å². The molecule has 1 aliphatic heterocycles. The largest absolute Gasteiger partial charge is 0.443 e. The fourth-order valence-corrected chi connectivity index (χ4v) is 2.38. The molecule has 0 N–H and O–H groups in total. The first-order chi connectivity index (χ1) is 9.35. The fraction of sp³-hybridized carbons (Fsp3) is 0.800. The molecule has 0 radical (unpaired) electrons. The Bertz CT molecular complexity index is 359. The molecule has 0 aromatic heterocycles. The second-order valence-corrected chi connectivity index (χ2v) is 6.24. The first-order valence-electron chi connectivity index (χ1n) is 7.34. The minimum atomic E-state index is -0.614. The summed E-state index contributed by atoms with van der Waals surface area (Å²) in [5, 5.41) is 0. The smallest absolute Gasteiger partial charge is 0.417 e. The molecule has 5 nitrogen and oxygen atoms in total. The highest BCUT2D eigenvalue weighted by Gasteiger charge is 2.34. The molecule has 20 heavy (non-hydrogen) atoms. The Morgan fingerprint density at radius 2 is 2.10 bits per heavy atom. The van der Waals surface area contributed by atoms with Crippen LogP contribution in [0.4, 0.5) is 4.79 Å². The lowest BCUT2D eigenvalue weighted by molar-refractivity contribution is -0.132. The Kier molecular flexibility index (Phi) is 6.17. The third-order valence-corrected chi connectivity index (χ3v) is 3.26. The number of imide groups is 1. The van der Waals surface area contributed by atoms with E-state index in [0.29, 0.717) is 25.7 Å². The van der Waals surface area contributed by atoms with Crippen LogP contribution in [0.25, 0.3) is 0 Å². The van der Waals surface area contributed by atoms with Gasteiger partial charge in [0.05, 0.1) is 0 Å². The van der Waals surface area contributed by atoms with Crippen LogP contribution in [0.1, 0.15) is 65.7 Å². The molecule has 0 bridgehead atoms. The van der Waals surface area contributed by atoms with Crippen LogP contribution in [0.5, 0.6) is 0 Å². The van der Waals surface area contributed by atoms with Gasteiger partial charge in [0.2, 0.25) is 5.91 Å². The van der Waals surface area contributed by atoms with Crippen molar-refractivity contribution in [2.75, 3.05) is 0 Å². The number of nitrogens with zero attached hydrogens (tertiary/aromatic N) is 1. The molecule has 0 aliphatic carbocycles. The van der Waals surface area contributed by atoms with Crippen molar-refractivity contribution < 1.29 is 19.1 Å². The number of carbonyl (C=O) groups excluding carboxylic acids is 3. The monoisotopic (exact) mass is 283 g/mol. The normalized spacial score (nSPS) is 20.4. The van der Waals surface area contributed by atoms with Gasteiger partial charge in [0.15, 0.2) is 0 Å². The zero-order chi connectivity index (χ0) is 15.2. The van der Waals surface area contributed by atoms with Crippen molar-refractivity contribution >= 4 is 18.3 Å². The van der Waals surface area contributed by atoms with Crippen LogP contribution >= 0.6 is 0 Å². The molecule has 1 heterocycles. The maximum absolute atomic E-state index is 12.2. The molecule has 0 aromatic rings. The molecule has 1 rings (SSSR count). The van der Waals surface area contributed by atoms with Gasteiger partial charge in [-0.25, -0.2) is 9.69 Å². The first-order valence-corrected chi connectivity index (χ1v) is 7.34. The van der Waals surface area contributed by atoms with Gasteiger partial charge in [0.1, 0.15) is 11.9 Å². The van der Waals surface area contributed by atoms with Gasteiger partial charge in [0, 0.05) is 18.9 Å². The van der Waals surface area contributed by atoms with Crippen LogP contribution in [0, 0.1) is 0 Å². The lowest BCUT2D eigenvalue weighted by atomic mass is 10.0. The summed E-state index contributed by atoms with van der Waals surface area (Å²) >= 11 is 0. The Hall–Kier alpha value is -1.39. The van der Waals surface area contributed by atoms with Crippen molar-refractivity contribution in [2.45, 2.75) is 77.4 Å². The number of rotatable bonds is 4. The van der Waals surface area contributed by atoms with Gasteiger partial charge < -0.3 is 9.53 Å². The highest BCUT2D eigenvalue weighted by Crippen LogP contribution is 2.24. The summed E-state index contributed by atoms with van der Waals surface area (Å²) in [6, 6.07) is -0.139. The molecule has 1 atom stereocenters. The summed E-state index contributed by atoms with van der Waals surface area (Å²) in [5.74, 6) is -0.159. The lowest BCUT2D eigenvalue weighted by Crippen LogP contribution is -2.46. The Morgan fingerprint density at radius 3 is 2.70 bits per heavy atom. The summed E-state index contributed by atoms with van der Waals surface area (Å²) in [6.45, 7) is 5.36. The lowest BCUT2D eigenvalue weighted by Gasteiger charge is -2.30. The van der Waals surface area contributed by atoms with Gasteiger partial charge in [-0.05, 0) is 46.5 Å². The minimum absolute atomic E-state index is 0.139. The number of hydrogen-bond acceptors (Lipinski definition) is 4. The van der Waals surface area contributed by atoms with E-state index in [0.717, 1.165) is 25.5 Å². The van der Waals surface area contributed by atoms with Crippen molar-refractivity contribution in [3.05, 3.63) is 0 Å². The molecule has 1 saturated heterocycles. The van der Waals surface area contributed by atoms with E-state index in [4.69, 9.17) is 4.74 Å². The van der Waals surface area contributed by atoms with E-state index in [1.54, 1.807) is 20.8 Å². The highest BCUT2D eigenvalue weighted by molar-refractivity contribution is 5.92. The van der Waals surface area contributed by atoms with E-state index in [1.165, 1.54) is 4.90 Å². The van der Waals surface area contributed by atoms with E-state index in [1.807, 2.05) is 0 Å². The Morgan fingerprint density at radius 1 is 1.40 bits per heavy atom. The molecule has 0 spiro atoms. The standard InChI is InChI=1S/C15H25NO4/c1-15(2,3)20-14(19)16-12(9-6-7-11-17)8-4-5-10-13(16)18/h11-12H,4-10H2,1-3H3/t12-/m0/s1. The quantitative estimate of drug-likeness (QED) is 0.587. The van der Waals surface area contributed by atoms with Gasteiger partial charge in [-0.15, -0.1) is 0 Å². The number of likely N-dealkylation sites (tertiary alicyclic amines) is 1. The first kappa shape index (κ1) is 16.7. The van der Waals surface area contributed by atoms with Crippen LogP contribution in [0.3, 0.4) is 0 Å². The summed E-state index contributed by atoms with van der Waals surface area (Å²) < 4.78 is 5.34. The second kappa shape index (κ2) is 7.41. The topological polar surface area (TPSA) is 63.7 Å². The average molecular weight is 283 g/mol. The van der Waals surface area contributed by atoms with Crippen LogP contribution in [-0.4, -0.2) is 34.8 Å². The van der Waals surface area contributed by atoms with Gasteiger partial charge in [-0.2, -0.15) is 0 Å². The van der Waals surface area contributed by atoms with Gasteiger partial charge in [-0.3, -0.25) is 4.79 Å². The summed E-state index contributed by atoms with van der Waals surface area (Å²) in [5.41, 5.74) is -0.614. The molecule has 0 aromatic carbocycles. The molecule has 5 heteroatoms. The van der Waals surface area contributed by atoms with Crippen LogP contribution in [0.15, 0.2) is 0 Å².